The maximum Gasteiger partial charge on any atom is 0.222 e. The zero-order chi connectivity index (χ0) is 13.9. The van der Waals surface area contributed by atoms with Gasteiger partial charge in [0.2, 0.25) is 5.95 Å². The summed E-state index contributed by atoms with van der Waals surface area (Å²) < 4.78 is 7.67. The van der Waals surface area contributed by atoms with Crippen molar-refractivity contribution in [2.45, 2.75) is 25.0 Å². The molecule has 0 spiro atoms. The highest BCUT2D eigenvalue weighted by molar-refractivity contribution is 6.30. The quantitative estimate of drug-likeness (QED) is 0.940. The Morgan fingerprint density at radius 3 is 2.85 bits per heavy atom. The van der Waals surface area contributed by atoms with Crippen molar-refractivity contribution >= 4 is 17.5 Å². The maximum atomic E-state index is 5.89. The molecule has 1 N–H and O–H groups in total. The molecule has 20 heavy (non-hydrogen) atoms. The van der Waals surface area contributed by atoms with Crippen molar-refractivity contribution < 1.29 is 4.74 Å². The number of ether oxygens (including phenoxy) is 1. The number of halogens is 1. The number of hydrogen-bond acceptors (Lipinski definition) is 5. The molecule has 2 aromatic rings. The molecule has 3 rings (SSSR count). The molecule has 1 aliphatic heterocycles. The van der Waals surface area contributed by atoms with Gasteiger partial charge >= 0.3 is 0 Å². The highest BCUT2D eigenvalue weighted by Gasteiger charge is 2.28. The second kappa shape index (κ2) is 5.76. The van der Waals surface area contributed by atoms with Gasteiger partial charge in [0.15, 0.2) is 0 Å². The van der Waals surface area contributed by atoms with Gasteiger partial charge in [-0.1, -0.05) is 11.6 Å². The van der Waals surface area contributed by atoms with Gasteiger partial charge in [-0.25, -0.2) is 9.97 Å². The molecule has 1 fully saturated rings. The smallest absolute Gasteiger partial charge is 0.222 e. The Kier molecular flexibility index (Phi) is 3.84. The van der Waals surface area contributed by atoms with Crippen LogP contribution in [0.4, 0.5) is 5.95 Å². The zero-order valence-corrected chi connectivity index (χ0v) is 11.9. The van der Waals surface area contributed by atoms with Gasteiger partial charge in [0.05, 0.1) is 29.7 Å². The number of aromatic nitrogens is 4. The fraction of sp³-hybridized carbons (Fsp3) is 0.462. The summed E-state index contributed by atoms with van der Waals surface area (Å²) in [6.45, 7) is 0.763. The molecule has 0 amide bonds. The van der Waals surface area contributed by atoms with Gasteiger partial charge in [-0.2, -0.15) is 5.10 Å². The van der Waals surface area contributed by atoms with Gasteiger partial charge in [-0.15, -0.1) is 0 Å². The first kappa shape index (κ1) is 13.3. The number of hydrogen-bond donors (Lipinski definition) is 1. The van der Waals surface area contributed by atoms with Gasteiger partial charge in [0.1, 0.15) is 6.10 Å². The molecule has 0 aromatic carbocycles. The van der Waals surface area contributed by atoms with Crippen LogP contribution in [0.1, 0.15) is 24.5 Å². The molecule has 7 heteroatoms. The summed E-state index contributed by atoms with van der Waals surface area (Å²) in [6.07, 6.45) is 8.98. The van der Waals surface area contributed by atoms with E-state index in [-0.39, 0.29) is 12.1 Å². The molecule has 2 aromatic heterocycles. The number of aryl methyl sites for hydroxylation is 1. The predicted octanol–water partition coefficient (Wildman–Crippen LogP) is 2.20. The fourth-order valence-corrected chi connectivity index (χ4v) is 2.49. The molecule has 0 saturated carbocycles. The van der Waals surface area contributed by atoms with Crippen LogP contribution in [0, 0.1) is 0 Å². The fourth-order valence-electron chi connectivity index (χ4n) is 2.40. The molecule has 0 unspecified atom stereocenters. The van der Waals surface area contributed by atoms with Gasteiger partial charge in [-0.05, 0) is 12.8 Å². The Labute approximate surface area is 122 Å². The van der Waals surface area contributed by atoms with E-state index in [0.717, 1.165) is 25.0 Å². The van der Waals surface area contributed by atoms with Crippen LogP contribution in [0.2, 0.25) is 5.02 Å². The minimum absolute atomic E-state index is 0.0308. The van der Waals surface area contributed by atoms with E-state index >= 15 is 0 Å². The molecule has 6 nitrogen and oxygen atoms in total. The van der Waals surface area contributed by atoms with E-state index in [4.69, 9.17) is 16.3 Å². The van der Waals surface area contributed by atoms with E-state index in [2.05, 4.69) is 20.4 Å². The molecule has 2 atom stereocenters. The molecular weight excluding hydrogens is 278 g/mol. The van der Waals surface area contributed by atoms with Crippen molar-refractivity contribution in [3.8, 4) is 0 Å². The average molecular weight is 294 g/mol. The molecule has 106 valence electrons. The second-order valence-corrected chi connectivity index (χ2v) is 5.29. The van der Waals surface area contributed by atoms with E-state index in [1.807, 2.05) is 19.4 Å². The Bertz CT molecular complexity index is 570. The highest BCUT2D eigenvalue weighted by atomic mass is 35.5. The lowest BCUT2D eigenvalue weighted by Crippen LogP contribution is -2.34. The van der Waals surface area contributed by atoms with Crippen molar-refractivity contribution in [3.63, 3.8) is 0 Å². The summed E-state index contributed by atoms with van der Waals surface area (Å²) in [4.78, 5) is 8.35. The van der Waals surface area contributed by atoms with Crippen LogP contribution in [-0.4, -0.2) is 32.4 Å². The van der Waals surface area contributed by atoms with Gasteiger partial charge in [0, 0.05) is 25.4 Å². The first-order valence-electron chi connectivity index (χ1n) is 6.56. The molecular formula is C13H16ClN5O. The Balaban J connectivity index is 1.77. The van der Waals surface area contributed by atoms with Crippen molar-refractivity contribution in [3.05, 3.63) is 35.4 Å². The van der Waals surface area contributed by atoms with Crippen LogP contribution in [0.15, 0.2) is 24.8 Å². The number of anilines is 1. The monoisotopic (exact) mass is 293 g/mol. The first-order valence-corrected chi connectivity index (χ1v) is 6.94. The second-order valence-electron chi connectivity index (χ2n) is 4.86. The summed E-state index contributed by atoms with van der Waals surface area (Å²) in [7, 11) is 1.90. The lowest BCUT2D eigenvalue weighted by Gasteiger charge is -2.31. The average Bonchev–Trinajstić information content (AvgIpc) is 2.88. The summed E-state index contributed by atoms with van der Waals surface area (Å²) >= 11 is 5.79. The normalized spacial score (nSPS) is 22.7. The maximum absolute atomic E-state index is 5.89. The van der Waals surface area contributed by atoms with Crippen LogP contribution in [0.5, 0.6) is 0 Å². The van der Waals surface area contributed by atoms with E-state index in [0.29, 0.717) is 11.0 Å². The molecule has 1 saturated heterocycles. The van der Waals surface area contributed by atoms with E-state index < -0.39 is 0 Å². The topological polar surface area (TPSA) is 64.9 Å². The summed E-state index contributed by atoms with van der Waals surface area (Å²) in [5, 5.41) is 8.06. The summed E-state index contributed by atoms with van der Waals surface area (Å²) in [5.74, 6) is 0.568. The minimum Gasteiger partial charge on any atom is -0.371 e. The van der Waals surface area contributed by atoms with E-state index in [1.54, 1.807) is 17.1 Å². The van der Waals surface area contributed by atoms with Crippen LogP contribution in [0.25, 0.3) is 0 Å². The largest absolute Gasteiger partial charge is 0.371 e. The van der Waals surface area contributed by atoms with Crippen LogP contribution in [0.3, 0.4) is 0 Å². The van der Waals surface area contributed by atoms with E-state index in [9.17, 15) is 0 Å². The van der Waals surface area contributed by atoms with Crippen LogP contribution >= 0.6 is 11.6 Å². The molecule has 0 bridgehead atoms. The number of nitrogens with one attached hydrogen (secondary N) is 1. The van der Waals surface area contributed by atoms with Crippen LogP contribution in [-0.2, 0) is 11.8 Å². The molecule has 1 aliphatic rings. The number of nitrogens with zero attached hydrogens (tertiary/aromatic N) is 4. The highest BCUT2D eigenvalue weighted by Crippen LogP contribution is 2.29. The van der Waals surface area contributed by atoms with Crippen molar-refractivity contribution in [2.75, 3.05) is 11.9 Å². The molecule has 0 aliphatic carbocycles. The first-order chi connectivity index (χ1) is 9.72. The lowest BCUT2D eigenvalue weighted by atomic mass is 9.98. The third-order valence-corrected chi connectivity index (χ3v) is 3.51. The Hall–Kier alpha value is -1.66. The van der Waals surface area contributed by atoms with Gasteiger partial charge in [-0.3, -0.25) is 4.68 Å². The van der Waals surface area contributed by atoms with Crippen molar-refractivity contribution in [1.29, 1.82) is 0 Å². The van der Waals surface area contributed by atoms with E-state index in [1.165, 1.54) is 0 Å². The van der Waals surface area contributed by atoms with Crippen molar-refractivity contribution in [2.24, 2.45) is 7.05 Å². The van der Waals surface area contributed by atoms with Gasteiger partial charge < -0.3 is 10.1 Å². The van der Waals surface area contributed by atoms with Gasteiger partial charge in [0.25, 0.3) is 0 Å². The Morgan fingerprint density at radius 2 is 2.15 bits per heavy atom. The minimum atomic E-state index is -0.0308. The summed E-state index contributed by atoms with van der Waals surface area (Å²) in [6, 6.07) is 0.133. The lowest BCUT2D eigenvalue weighted by molar-refractivity contribution is 0.00542. The van der Waals surface area contributed by atoms with Crippen molar-refractivity contribution in [1.82, 2.24) is 19.7 Å². The number of rotatable bonds is 3. The zero-order valence-electron chi connectivity index (χ0n) is 11.2. The summed E-state index contributed by atoms with van der Waals surface area (Å²) in [5.41, 5.74) is 1.07. The standard InChI is InChI=1S/C13H16ClN5O/c1-19-8-9(5-17-19)12-11(3-2-4-20-12)18-13-15-6-10(14)7-16-13/h5-8,11-12H,2-4H2,1H3,(H,15,16,18)/t11-,12+/m0/s1. The molecule has 0 radical (unpaired) electrons. The molecule has 3 heterocycles. The third kappa shape index (κ3) is 2.91. The third-order valence-electron chi connectivity index (χ3n) is 3.31. The van der Waals surface area contributed by atoms with Crippen LogP contribution < -0.4 is 5.32 Å². The Morgan fingerprint density at radius 1 is 1.35 bits per heavy atom. The predicted molar refractivity (Wildman–Crippen MR) is 75.6 cm³/mol. The SMILES string of the molecule is Cn1cc([C@H]2OCCC[C@@H]2Nc2ncc(Cl)cn2)cn1.